The van der Waals surface area contributed by atoms with Crippen molar-refractivity contribution in [2.24, 2.45) is 0 Å². The average Bonchev–Trinajstić information content (AvgIpc) is 2.18. The molecule has 0 saturated carbocycles. The highest BCUT2D eigenvalue weighted by molar-refractivity contribution is 4.97. The predicted molar refractivity (Wildman–Crippen MR) is 52.8 cm³/mol. The molecule has 13 heavy (non-hydrogen) atoms. The Morgan fingerprint density at radius 2 is 1.23 bits per heavy atom. The Hall–Kier alpha value is -0.640. The van der Waals surface area contributed by atoms with Crippen molar-refractivity contribution in [2.45, 2.75) is 18.3 Å². The molecule has 2 atom stereocenters. The van der Waals surface area contributed by atoms with E-state index < -0.39 is 0 Å². The van der Waals surface area contributed by atoms with Crippen molar-refractivity contribution in [3.8, 4) is 0 Å². The van der Waals surface area contributed by atoms with E-state index in [4.69, 9.17) is 14.2 Å². The normalized spacial score (nSPS) is 17.5. The number of rotatable bonds is 7. The minimum Gasteiger partial charge on any atom is -0.375 e. The zero-order valence-corrected chi connectivity index (χ0v) is 8.53. The average molecular weight is 186 g/mol. The highest BCUT2D eigenvalue weighted by atomic mass is 16.6. The fraction of sp³-hybridized carbons (Fsp3) is 0.600. The molecule has 0 N–H and O–H groups in total. The van der Waals surface area contributed by atoms with Crippen LogP contribution in [0.1, 0.15) is 0 Å². The van der Waals surface area contributed by atoms with Crippen molar-refractivity contribution in [3.63, 3.8) is 0 Å². The van der Waals surface area contributed by atoms with E-state index in [-0.39, 0.29) is 18.3 Å². The molecule has 0 rings (SSSR count). The largest absolute Gasteiger partial charge is 0.375 e. The van der Waals surface area contributed by atoms with E-state index in [0.29, 0.717) is 0 Å². The van der Waals surface area contributed by atoms with Crippen molar-refractivity contribution in [1.29, 1.82) is 0 Å². The molecule has 0 spiro atoms. The van der Waals surface area contributed by atoms with Crippen molar-refractivity contribution < 1.29 is 14.2 Å². The quantitative estimate of drug-likeness (QED) is 0.562. The predicted octanol–water partition coefficient (Wildman–Crippen LogP) is 1.40. The molecule has 2 unspecified atom stereocenters. The summed E-state index contributed by atoms with van der Waals surface area (Å²) >= 11 is 0. The van der Waals surface area contributed by atoms with Crippen molar-refractivity contribution in [2.75, 3.05) is 21.3 Å². The van der Waals surface area contributed by atoms with Crippen LogP contribution < -0.4 is 0 Å². The molecule has 0 aromatic carbocycles. The minimum absolute atomic E-state index is 0.187. The molecule has 0 aliphatic carbocycles. The van der Waals surface area contributed by atoms with Crippen LogP contribution in [0.5, 0.6) is 0 Å². The monoisotopic (exact) mass is 186 g/mol. The first-order chi connectivity index (χ1) is 6.24. The SMILES string of the molecule is C=CC(OC)C(OC)C(C=C)OC. The Kier molecular flexibility index (Phi) is 6.49. The van der Waals surface area contributed by atoms with Crippen LogP contribution in [-0.2, 0) is 14.2 Å². The van der Waals surface area contributed by atoms with Gasteiger partial charge in [0, 0.05) is 21.3 Å². The van der Waals surface area contributed by atoms with E-state index >= 15 is 0 Å². The molecule has 0 heterocycles. The van der Waals surface area contributed by atoms with Gasteiger partial charge in [-0.15, -0.1) is 13.2 Å². The van der Waals surface area contributed by atoms with Crippen molar-refractivity contribution in [3.05, 3.63) is 25.3 Å². The van der Waals surface area contributed by atoms with Crippen LogP contribution in [0, 0.1) is 0 Å². The van der Waals surface area contributed by atoms with Gasteiger partial charge in [0.25, 0.3) is 0 Å². The molecule has 0 radical (unpaired) electrons. The van der Waals surface area contributed by atoms with Crippen LogP contribution >= 0.6 is 0 Å². The summed E-state index contributed by atoms with van der Waals surface area (Å²) in [5.74, 6) is 0. The van der Waals surface area contributed by atoms with Gasteiger partial charge >= 0.3 is 0 Å². The fourth-order valence-electron chi connectivity index (χ4n) is 1.18. The molecule has 0 fully saturated rings. The number of methoxy groups -OCH3 is 3. The first-order valence-electron chi connectivity index (χ1n) is 4.08. The van der Waals surface area contributed by atoms with Crippen molar-refractivity contribution in [1.82, 2.24) is 0 Å². The first-order valence-corrected chi connectivity index (χ1v) is 4.08. The van der Waals surface area contributed by atoms with Crippen molar-refractivity contribution >= 4 is 0 Å². The van der Waals surface area contributed by atoms with Crippen LogP contribution in [0.3, 0.4) is 0 Å². The third-order valence-corrected chi connectivity index (χ3v) is 1.93. The molecule has 3 heteroatoms. The lowest BCUT2D eigenvalue weighted by molar-refractivity contribution is -0.0743. The molecule has 0 saturated heterocycles. The van der Waals surface area contributed by atoms with Gasteiger partial charge in [0.05, 0.1) is 0 Å². The molecule has 76 valence electrons. The van der Waals surface area contributed by atoms with Gasteiger partial charge < -0.3 is 14.2 Å². The van der Waals surface area contributed by atoms with Crippen LogP contribution in [0.25, 0.3) is 0 Å². The zero-order chi connectivity index (χ0) is 10.3. The van der Waals surface area contributed by atoms with E-state index in [1.54, 1.807) is 33.5 Å². The van der Waals surface area contributed by atoms with Crippen LogP contribution in [0.15, 0.2) is 25.3 Å². The van der Waals surface area contributed by atoms with Gasteiger partial charge in [0.15, 0.2) is 0 Å². The Bertz CT molecular complexity index is 140. The molecule has 0 aliphatic heterocycles. The Balaban J connectivity index is 4.43. The molecule has 0 amide bonds. The molecule has 3 nitrogen and oxygen atoms in total. The maximum atomic E-state index is 5.25. The van der Waals surface area contributed by atoms with Gasteiger partial charge in [-0.25, -0.2) is 0 Å². The second-order valence-electron chi connectivity index (χ2n) is 2.57. The highest BCUT2D eigenvalue weighted by Crippen LogP contribution is 2.11. The standard InChI is InChI=1S/C10H18O3/c1-6-8(11-3)10(13-5)9(7-2)12-4/h6-10H,1-2H2,3-5H3. The summed E-state index contributed by atoms with van der Waals surface area (Å²) < 4.78 is 15.6. The van der Waals surface area contributed by atoms with Gasteiger partial charge in [-0.1, -0.05) is 12.2 Å². The molecule has 0 aliphatic rings. The lowest BCUT2D eigenvalue weighted by Crippen LogP contribution is -2.39. The number of ether oxygens (including phenoxy) is 3. The summed E-state index contributed by atoms with van der Waals surface area (Å²) in [5, 5.41) is 0. The topological polar surface area (TPSA) is 27.7 Å². The molecule has 0 aromatic heterocycles. The first kappa shape index (κ1) is 12.4. The van der Waals surface area contributed by atoms with Crippen LogP contribution in [0.2, 0.25) is 0 Å². The van der Waals surface area contributed by atoms with Gasteiger partial charge in [-0.2, -0.15) is 0 Å². The second kappa shape index (κ2) is 6.83. The second-order valence-corrected chi connectivity index (χ2v) is 2.57. The van der Waals surface area contributed by atoms with E-state index in [2.05, 4.69) is 13.2 Å². The number of hydrogen-bond donors (Lipinski definition) is 0. The summed E-state index contributed by atoms with van der Waals surface area (Å²) in [6.45, 7) is 7.31. The molecule has 0 aromatic rings. The highest BCUT2D eigenvalue weighted by Gasteiger charge is 2.25. The maximum absolute atomic E-state index is 5.25. The third kappa shape index (κ3) is 3.30. The summed E-state index contributed by atoms with van der Waals surface area (Å²) in [4.78, 5) is 0. The van der Waals surface area contributed by atoms with E-state index in [0.717, 1.165) is 0 Å². The van der Waals surface area contributed by atoms with E-state index in [1.807, 2.05) is 0 Å². The zero-order valence-electron chi connectivity index (χ0n) is 8.53. The Morgan fingerprint density at radius 3 is 1.38 bits per heavy atom. The van der Waals surface area contributed by atoms with Crippen LogP contribution in [-0.4, -0.2) is 39.6 Å². The van der Waals surface area contributed by atoms with Gasteiger partial charge in [-0.3, -0.25) is 0 Å². The lowest BCUT2D eigenvalue weighted by Gasteiger charge is -2.27. The minimum atomic E-state index is -0.204. The third-order valence-electron chi connectivity index (χ3n) is 1.93. The summed E-state index contributed by atoms with van der Waals surface area (Å²) in [6, 6.07) is 0. The van der Waals surface area contributed by atoms with Gasteiger partial charge in [0.1, 0.15) is 18.3 Å². The molecular formula is C10H18O3. The lowest BCUT2D eigenvalue weighted by atomic mass is 10.1. The Morgan fingerprint density at radius 1 is 0.846 bits per heavy atom. The van der Waals surface area contributed by atoms with Gasteiger partial charge in [-0.05, 0) is 0 Å². The fourth-order valence-corrected chi connectivity index (χ4v) is 1.18. The van der Waals surface area contributed by atoms with Gasteiger partial charge in [0.2, 0.25) is 0 Å². The summed E-state index contributed by atoms with van der Waals surface area (Å²) in [6.07, 6.45) is 2.79. The number of hydrogen-bond acceptors (Lipinski definition) is 3. The van der Waals surface area contributed by atoms with E-state index in [9.17, 15) is 0 Å². The van der Waals surface area contributed by atoms with E-state index in [1.165, 1.54) is 0 Å². The molecular weight excluding hydrogens is 168 g/mol. The summed E-state index contributed by atoms with van der Waals surface area (Å²) in [7, 11) is 4.82. The maximum Gasteiger partial charge on any atom is 0.116 e. The molecule has 0 bridgehead atoms. The van der Waals surface area contributed by atoms with Crippen LogP contribution in [0.4, 0.5) is 0 Å². The smallest absolute Gasteiger partial charge is 0.116 e. The summed E-state index contributed by atoms with van der Waals surface area (Å²) in [5.41, 5.74) is 0. The Labute approximate surface area is 80.0 Å².